The molecule has 2 aromatic carbocycles. The van der Waals surface area contributed by atoms with E-state index in [4.69, 9.17) is 0 Å². The first-order chi connectivity index (χ1) is 16.0. The van der Waals surface area contributed by atoms with Crippen LogP contribution in [-0.4, -0.2) is 24.1 Å². The summed E-state index contributed by atoms with van der Waals surface area (Å²) in [6.07, 6.45) is 1.81. The zero-order valence-corrected chi connectivity index (χ0v) is 19.5. The molecule has 6 nitrogen and oxygen atoms in total. The molecule has 0 bridgehead atoms. The van der Waals surface area contributed by atoms with Crippen molar-refractivity contribution in [3.63, 3.8) is 0 Å². The molecule has 0 aliphatic carbocycles. The number of hydrogen-bond acceptors (Lipinski definition) is 5. The summed E-state index contributed by atoms with van der Waals surface area (Å²) in [6.45, 7) is 6.16. The second-order valence-corrected chi connectivity index (χ2v) is 9.03. The molecule has 33 heavy (non-hydrogen) atoms. The molecule has 0 saturated heterocycles. The quantitative estimate of drug-likeness (QED) is 0.344. The van der Waals surface area contributed by atoms with Crippen molar-refractivity contribution in [2.45, 2.75) is 31.7 Å². The number of benzene rings is 2. The van der Waals surface area contributed by atoms with Crippen LogP contribution < -0.4 is 5.56 Å². The lowest BCUT2D eigenvalue weighted by atomic mass is 10.1. The Balaban J connectivity index is 1.54. The summed E-state index contributed by atoms with van der Waals surface area (Å²) in [5.41, 5.74) is 6.73. The van der Waals surface area contributed by atoms with Crippen molar-refractivity contribution < 1.29 is 0 Å². The molecule has 164 valence electrons. The number of pyridine rings is 1. The van der Waals surface area contributed by atoms with E-state index in [1.165, 1.54) is 22.9 Å². The summed E-state index contributed by atoms with van der Waals surface area (Å²) in [4.78, 5) is 17.3. The average molecular weight is 454 g/mol. The minimum absolute atomic E-state index is 0.0834. The molecule has 0 N–H and O–H groups in total. The van der Waals surface area contributed by atoms with Gasteiger partial charge >= 0.3 is 0 Å². The molecule has 5 aromatic rings. The van der Waals surface area contributed by atoms with Crippen molar-refractivity contribution in [1.82, 2.24) is 24.1 Å². The third kappa shape index (κ3) is 4.19. The van der Waals surface area contributed by atoms with Crippen molar-refractivity contribution in [2.75, 3.05) is 0 Å². The largest absolute Gasteiger partial charge is 0.270 e. The molecule has 0 saturated carbocycles. The van der Waals surface area contributed by atoms with Crippen LogP contribution >= 0.6 is 11.8 Å². The highest BCUT2D eigenvalue weighted by Crippen LogP contribution is 2.30. The van der Waals surface area contributed by atoms with E-state index in [2.05, 4.69) is 51.8 Å². The van der Waals surface area contributed by atoms with E-state index in [1.54, 1.807) is 10.5 Å². The molecule has 3 heterocycles. The number of hydrogen-bond donors (Lipinski definition) is 0. The van der Waals surface area contributed by atoms with Crippen LogP contribution in [0.5, 0.6) is 0 Å². The SMILES string of the molecule is Cc1ccc2nc(CSc3nnc(-c4ccccc4)n3-c3ccc(C)c(C)c3)cc(=O)n2c1. The molecule has 0 aliphatic rings. The number of nitrogens with zero attached hydrogens (tertiary/aromatic N) is 5. The maximum atomic E-state index is 12.6. The van der Waals surface area contributed by atoms with Gasteiger partial charge in [0.1, 0.15) is 5.65 Å². The third-order valence-corrected chi connectivity index (χ3v) is 6.59. The Morgan fingerprint density at radius 3 is 2.48 bits per heavy atom. The van der Waals surface area contributed by atoms with Crippen LogP contribution in [0.2, 0.25) is 0 Å². The third-order valence-electron chi connectivity index (χ3n) is 5.62. The van der Waals surface area contributed by atoms with E-state index in [0.29, 0.717) is 17.1 Å². The lowest BCUT2D eigenvalue weighted by molar-refractivity contribution is 0.883. The molecule has 3 aromatic heterocycles. The van der Waals surface area contributed by atoms with Gasteiger partial charge in [0, 0.05) is 23.6 Å². The molecule has 0 unspecified atom stereocenters. The van der Waals surface area contributed by atoms with E-state index in [0.717, 1.165) is 27.8 Å². The maximum absolute atomic E-state index is 12.6. The normalized spacial score (nSPS) is 11.2. The van der Waals surface area contributed by atoms with Crippen LogP contribution in [0.3, 0.4) is 0 Å². The topological polar surface area (TPSA) is 65.1 Å². The summed E-state index contributed by atoms with van der Waals surface area (Å²) < 4.78 is 3.65. The van der Waals surface area contributed by atoms with E-state index in [1.807, 2.05) is 55.6 Å². The Kier molecular flexibility index (Phi) is 5.56. The molecular formula is C26H23N5OS. The Bertz CT molecular complexity index is 1520. The van der Waals surface area contributed by atoms with Crippen molar-refractivity contribution in [1.29, 1.82) is 0 Å². The zero-order valence-electron chi connectivity index (χ0n) is 18.7. The highest BCUT2D eigenvalue weighted by Gasteiger charge is 2.17. The van der Waals surface area contributed by atoms with Crippen LogP contribution in [-0.2, 0) is 5.75 Å². The molecular weight excluding hydrogens is 430 g/mol. The maximum Gasteiger partial charge on any atom is 0.258 e. The van der Waals surface area contributed by atoms with E-state index in [9.17, 15) is 4.79 Å². The molecule has 7 heteroatoms. The van der Waals surface area contributed by atoms with Gasteiger partial charge in [-0.2, -0.15) is 0 Å². The smallest absolute Gasteiger partial charge is 0.258 e. The number of aromatic nitrogens is 5. The molecule has 0 aliphatic heterocycles. The number of rotatable bonds is 5. The Morgan fingerprint density at radius 1 is 0.879 bits per heavy atom. The minimum Gasteiger partial charge on any atom is -0.270 e. The van der Waals surface area contributed by atoms with Gasteiger partial charge in [-0.3, -0.25) is 13.8 Å². The highest BCUT2D eigenvalue weighted by atomic mass is 32.2. The molecule has 5 rings (SSSR count). The Labute approximate surface area is 196 Å². The summed E-state index contributed by atoms with van der Waals surface area (Å²) in [5, 5.41) is 9.76. The molecule has 0 fully saturated rings. The van der Waals surface area contributed by atoms with Gasteiger partial charge in [0.15, 0.2) is 11.0 Å². The van der Waals surface area contributed by atoms with Crippen LogP contribution in [0.1, 0.15) is 22.4 Å². The van der Waals surface area contributed by atoms with Gasteiger partial charge in [0.05, 0.1) is 11.4 Å². The Hall–Kier alpha value is -3.71. The average Bonchev–Trinajstić information content (AvgIpc) is 3.24. The van der Waals surface area contributed by atoms with Crippen molar-refractivity contribution in [3.05, 3.63) is 106 Å². The van der Waals surface area contributed by atoms with Gasteiger partial charge in [-0.25, -0.2) is 4.98 Å². The van der Waals surface area contributed by atoms with Gasteiger partial charge in [-0.15, -0.1) is 10.2 Å². The molecule has 0 amide bonds. The van der Waals surface area contributed by atoms with Crippen LogP contribution in [0.25, 0.3) is 22.7 Å². The fourth-order valence-corrected chi connectivity index (χ4v) is 4.55. The lowest BCUT2D eigenvalue weighted by Crippen LogP contribution is -2.15. The molecule has 0 radical (unpaired) electrons. The van der Waals surface area contributed by atoms with Crippen LogP contribution in [0, 0.1) is 20.8 Å². The molecule has 0 atom stereocenters. The predicted molar refractivity (Wildman–Crippen MR) is 132 cm³/mol. The highest BCUT2D eigenvalue weighted by molar-refractivity contribution is 7.98. The van der Waals surface area contributed by atoms with Crippen molar-refractivity contribution >= 4 is 17.4 Å². The van der Waals surface area contributed by atoms with Gasteiger partial charge < -0.3 is 0 Å². The fraction of sp³-hybridized carbons (Fsp3) is 0.154. The predicted octanol–water partition coefficient (Wildman–Crippen LogP) is 5.16. The zero-order chi connectivity index (χ0) is 22.9. The van der Waals surface area contributed by atoms with Gasteiger partial charge in [0.25, 0.3) is 5.56 Å². The first-order valence-corrected chi connectivity index (χ1v) is 11.7. The second kappa shape index (κ2) is 8.67. The minimum atomic E-state index is -0.0834. The first kappa shape index (κ1) is 21.2. The number of aryl methyl sites for hydroxylation is 3. The lowest BCUT2D eigenvalue weighted by Gasteiger charge is -2.12. The van der Waals surface area contributed by atoms with Gasteiger partial charge in [-0.1, -0.05) is 54.2 Å². The fourth-order valence-electron chi connectivity index (χ4n) is 3.71. The monoisotopic (exact) mass is 453 g/mol. The van der Waals surface area contributed by atoms with Crippen LogP contribution in [0.15, 0.2) is 82.9 Å². The molecule has 0 spiro atoms. The van der Waals surface area contributed by atoms with Crippen molar-refractivity contribution in [2.24, 2.45) is 0 Å². The van der Waals surface area contributed by atoms with E-state index in [-0.39, 0.29) is 5.56 Å². The summed E-state index contributed by atoms with van der Waals surface area (Å²) in [5.74, 6) is 1.29. The van der Waals surface area contributed by atoms with Gasteiger partial charge in [0.2, 0.25) is 0 Å². The first-order valence-electron chi connectivity index (χ1n) is 10.7. The van der Waals surface area contributed by atoms with Gasteiger partial charge in [-0.05, 0) is 55.7 Å². The van der Waals surface area contributed by atoms with E-state index >= 15 is 0 Å². The van der Waals surface area contributed by atoms with Crippen LogP contribution in [0.4, 0.5) is 0 Å². The summed E-state index contributed by atoms with van der Waals surface area (Å²) >= 11 is 1.52. The Morgan fingerprint density at radius 2 is 1.70 bits per heavy atom. The number of thioether (sulfide) groups is 1. The number of fused-ring (bicyclic) bond motifs is 1. The van der Waals surface area contributed by atoms with E-state index < -0.39 is 0 Å². The summed E-state index contributed by atoms with van der Waals surface area (Å²) in [7, 11) is 0. The standard InChI is InChI=1S/C26H23N5OS/c1-17-9-12-23-27-21(14-24(32)30(23)15-17)16-33-26-29-28-25(20-7-5-4-6-8-20)31(26)22-11-10-18(2)19(3)13-22/h4-15H,16H2,1-3H3. The van der Waals surface area contributed by atoms with Crippen molar-refractivity contribution in [3.8, 4) is 17.1 Å². The summed E-state index contributed by atoms with van der Waals surface area (Å²) in [6, 6.07) is 21.8. The second-order valence-electron chi connectivity index (χ2n) is 8.09.